The SMILES string of the molecule is CC.CC.CNc1ccc2[nH]ccc2c1. The number of fused-ring (bicyclic) bond motifs is 1. The molecular formula is C13H22N2. The van der Waals surface area contributed by atoms with Crippen LogP contribution in [0.25, 0.3) is 10.9 Å². The fourth-order valence-corrected chi connectivity index (χ4v) is 1.21. The van der Waals surface area contributed by atoms with Gasteiger partial charge in [0.25, 0.3) is 0 Å². The highest BCUT2D eigenvalue weighted by Crippen LogP contribution is 2.16. The van der Waals surface area contributed by atoms with E-state index in [-0.39, 0.29) is 0 Å². The van der Waals surface area contributed by atoms with Crippen molar-refractivity contribution >= 4 is 16.6 Å². The van der Waals surface area contributed by atoms with Gasteiger partial charge in [-0.25, -0.2) is 0 Å². The van der Waals surface area contributed by atoms with Crippen LogP contribution >= 0.6 is 0 Å². The van der Waals surface area contributed by atoms with Crippen molar-refractivity contribution in [3.63, 3.8) is 0 Å². The van der Waals surface area contributed by atoms with Crippen LogP contribution in [0.4, 0.5) is 5.69 Å². The summed E-state index contributed by atoms with van der Waals surface area (Å²) in [7, 11) is 1.92. The van der Waals surface area contributed by atoms with Crippen LogP contribution < -0.4 is 5.32 Å². The summed E-state index contributed by atoms with van der Waals surface area (Å²) in [5.74, 6) is 0. The average Bonchev–Trinajstić information content (AvgIpc) is 2.81. The van der Waals surface area contributed by atoms with Crippen LogP contribution in [0.15, 0.2) is 30.5 Å². The number of rotatable bonds is 1. The third-order valence-corrected chi connectivity index (χ3v) is 1.84. The first kappa shape index (κ1) is 13.6. The Labute approximate surface area is 92.7 Å². The molecule has 0 unspecified atom stereocenters. The maximum absolute atomic E-state index is 3.14. The highest BCUT2D eigenvalue weighted by atomic mass is 14.8. The zero-order valence-corrected chi connectivity index (χ0v) is 10.4. The number of benzene rings is 1. The number of nitrogens with one attached hydrogen (secondary N) is 2. The maximum Gasteiger partial charge on any atom is 0.0455 e. The van der Waals surface area contributed by atoms with E-state index in [4.69, 9.17) is 0 Å². The lowest BCUT2D eigenvalue weighted by Crippen LogP contribution is -1.85. The number of hydrogen-bond donors (Lipinski definition) is 2. The Morgan fingerprint density at radius 1 is 1.00 bits per heavy atom. The fraction of sp³-hybridized carbons (Fsp3) is 0.385. The predicted molar refractivity (Wildman–Crippen MR) is 70.5 cm³/mol. The van der Waals surface area contributed by atoms with Gasteiger partial charge in [-0.15, -0.1) is 0 Å². The van der Waals surface area contributed by atoms with Crippen molar-refractivity contribution in [2.45, 2.75) is 27.7 Å². The van der Waals surface area contributed by atoms with Crippen molar-refractivity contribution in [2.24, 2.45) is 0 Å². The summed E-state index contributed by atoms with van der Waals surface area (Å²) in [5, 5.41) is 4.34. The highest BCUT2D eigenvalue weighted by Gasteiger charge is 1.93. The summed E-state index contributed by atoms with van der Waals surface area (Å²) in [6.45, 7) is 8.00. The maximum atomic E-state index is 3.14. The van der Waals surface area contributed by atoms with Gasteiger partial charge in [-0.05, 0) is 24.3 Å². The lowest BCUT2D eigenvalue weighted by atomic mass is 10.2. The molecule has 1 aromatic heterocycles. The minimum absolute atomic E-state index is 1.15. The highest BCUT2D eigenvalue weighted by molar-refractivity contribution is 5.82. The standard InChI is InChI=1S/C9H10N2.2C2H6/c1-10-8-2-3-9-7(6-8)4-5-11-9;2*1-2/h2-6,10-11H,1H3;2*1-2H3. The molecule has 84 valence electrons. The van der Waals surface area contributed by atoms with Crippen molar-refractivity contribution in [1.82, 2.24) is 4.98 Å². The molecule has 2 aromatic rings. The molecule has 15 heavy (non-hydrogen) atoms. The van der Waals surface area contributed by atoms with Crippen LogP contribution in [-0.2, 0) is 0 Å². The van der Waals surface area contributed by atoms with Crippen LogP contribution in [0, 0.1) is 0 Å². The van der Waals surface area contributed by atoms with Crippen molar-refractivity contribution in [1.29, 1.82) is 0 Å². The normalized spacial score (nSPS) is 8.33. The molecule has 0 saturated heterocycles. The first-order chi connectivity index (χ1) is 7.40. The number of hydrogen-bond acceptors (Lipinski definition) is 1. The van der Waals surface area contributed by atoms with Crippen LogP contribution in [0.5, 0.6) is 0 Å². The molecule has 0 spiro atoms. The van der Waals surface area contributed by atoms with Gasteiger partial charge in [0.1, 0.15) is 0 Å². The second kappa shape index (κ2) is 7.92. The Morgan fingerprint density at radius 3 is 2.27 bits per heavy atom. The topological polar surface area (TPSA) is 27.8 Å². The Kier molecular flexibility index (Phi) is 7.16. The minimum Gasteiger partial charge on any atom is -0.388 e. The van der Waals surface area contributed by atoms with Crippen LogP contribution in [-0.4, -0.2) is 12.0 Å². The number of aromatic amines is 1. The number of anilines is 1. The third-order valence-electron chi connectivity index (χ3n) is 1.84. The molecule has 1 aromatic carbocycles. The number of aromatic nitrogens is 1. The molecule has 0 aliphatic carbocycles. The Bertz CT molecular complexity index is 363. The molecule has 2 nitrogen and oxygen atoms in total. The van der Waals surface area contributed by atoms with Gasteiger partial charge >= 0.3 is 0 Å². The van der Waals surface area contributed by atoms with Gasteiger partial charge in [0, 0.05) is 29.8 Å². The van der Waals surface area contributed by atoms with Crippen LogP contribution in [0.3, 0.4) is 0 Å². The summed E-state index contributed by atoms with van der Waals surface area (Å²) >= 11 is 0. The second-order valence-corrected chi connectivity index (χ2v) is 2.53. The molecule has 0 radical (unpaired) electrons. The monoisotopic (exact) mass is 206 g/mol. The van der Waals surface area contributed by atoms with E-state index >= 15 is 0 Å². The van der Waals surface area contributed by atoms with Crippen molar-refractivity contribution in [3.05, 3.63) is 30.5 Å². The first-order valence-electron chi connectivity index (χ1n) is 5.65. The molecule has 0 aliphatic rings. The quantitative estimate of drug-likeness (QED) is 0.716. The van der Waals surface area contributed by atoms with Crippen LogP contribution in [0.1, 0.15) is 27.7 Å². The van der Waals surface area contributed by atoms with E-state index in [1.165, 1.54) is 10.9 Å². The zero-order valence-electron chi connectivity index (χ0n) is 10.4. The summed E-state index contributed by atoms with van der Waals surface area (Å²) in [6, 6.07) is 8.31. The molecule has 0 amide bonds. The molecule has 0 saturated carbocycles. The van der Waals surface area contributed by atoms with E-state index in [2.05, 4.69) is 34.6 Å². The van der Waals surface area contributed by atoms with Crippen LogP contribution in [0.2, 0.25) is 0 Å². The van der Waals surface area contributed by atoms with Crippen molar-refractivity contribution < 1.29 is 0 Å². The van der Waals surface area contributed by atoms with E-state index in [9.17, 15) is 0 Å². The average molecular weight is 206 g/mol. The molecule has 1 heterocycles. The zero-order chi connectivity index (χ0) is 11.7. The van der Waals surface area contributed by atoms with Crippen molar-refractivity contribution in [3.8, 4) is 0 Å². The predicted octanol–water partition coefficient (Wildman–Crippen LogP) is 4.26. The fourth-order valence-electron chi connectivity index (χ4n) is 1.21. The lowest BCUT2D eigenvalue weighted by Gasteiger charge is -1.97. The summed E-state index contributed by atoms with van der Waals surface area (Å²) < 4.78 is 0. The van der Waals surface area contributed by atoms with Gasteiger partial charge in [-0.1, -0.05) is 27.7 Å². The van der Waals surface area contributed by atoms with E-state index < -0.39 is 0 Å². The molecule has 0 aliphatic heterocycles. The van der Waals surface area contributed by atoms with E-state index in [1.54, 1.807) is 0 Å². The van der Waals surface area contributed by atoms with Gasteiger partial charge in [-0.3, -0.25) is 0 Å². The minimum atomic E-state index is 1.15. The van der Waals surface area contributed by atoms with Gasteiger partial charge in [0.2, 0.25) is 0 Å². The van der Waals surface area contributed by atoms with E-state index in [0.29, 0.717) is 0 Å². The van der Waals surface area contributed by atoms with E-state index in [0.717, 1.165) is 5.69 Å². The van der Waals surface area contributed by atoms with Gasteiger partial charge in [0.05, 0.1) is 0 Å². The van der Waals surface area contributed by atoms with Crippen molar-refractivity contribution in [2.75, 3.05) is 12.4 Å². The summed E-state index contributed by atoms with van der Waals surface area (Å²) in [4.78, 5) is 3.14. The van der Waals surface area contributed by atoms with Gasteiger partial charge in [0.15, 0.2) is 0 Å². The Balaban J connectivity index is 0.000000442. The molecular weight excluding hydrogens is 184 g/mol. The van der Waals surface area contributed by atoms with Gasteiger partial charge < -0.3 is 10.3 Å². The third kappa shape index (κ3) is 3.66. The molecule has 2 heteroatoms. The molecule has 0 fully saturated rings. The van der Waals surface area contributed by atoms with E-state index in [1.807, 2.05) is 40.9 Å². The molecule has 0 bridgehead atoms. The summed E-state index contributed by atoms with van der Waals surface area (Å²) in [6.07, 6.45) is 1.95. The smallest absolute Gasteiger partial charge is 0.0455 e. The van der Waals surface area contributed by atoms with Gasteiger partial charge in [-0.2, -0.15) is 0 Å². The molecule has 0 atom stereocenters. The Hall–Kier alpha value is -1.44. The summed E-state index contributed by atoms with van der Waals surface area (Å²) in [5.41, 5.74) is 2.33. The molecule has 2 rings (SSSR count). The number of H-pyrrole nitrogens is 1. The lowest BCUT2D eigenvalue weighted by molar-refractivity contribution is 1.47. The Morgan fingerprint density at radius 2 is 1.67 bits per heavy atom. The second-order valence-electron chi connectivity index (χ2n) is 2.53. The first-order valence-corrected chi connectivity index (χ1v) is 5.65. The largest absolute Gasteiger partial charge is 0.388 e. The molecule has 2 N–H and O–H groups in total.